The molecule has 0 saturated heterocycles. The third-order valence-electron chi connectivity index (χ3n) is 7.60. The molecular formula is C32H39N3O6S. The fraction of sp³-hybridized carbons (Fsp3) is 0.375. The highest BCUT2D eigenvalue weighted by molar-refractivity contribution is 7.92. The van der Waals surface area contributed by atoms with Gasteiger partial charge in [-0.2, -0.15) is 0 Å². The maximum absolute atomic E-state index is 14.2. The molecule has 1 aliphatic carbocycles. The van der Waals surface area contributed by atoms with E-state index in [2.05, 4.69) is 5.32 Å². The smallest absolute Gasteiger partial charge is 0.264 e. The molecule has 1 fully saturated rings. The van der Waals surface area contributed by atoms with Gasteiger partial charge in [-0.3, -0.25) is 13.9 Å². The summed E-state index contributed by atoms with van der Waals surface area (Å²) < 4.78 is 40.0. The number of rotatable bonds is 12. The molecule has 0 aromatic heterocycles. The van der Waals surface area contributed by atoms with Crippen LogP contribution in [0.25, 0.3) is 0 Å². The normalized spacial score (nSPS) is 14.2. The van der Waals surface area contributed by atoms with E-state index < -0.39 is 28.5 Å². The molecular weight excluding hydrogens is 554 g/mol. The van der Waals surface area contributed by atoms with Crippen LogP contribution in [0.15, 0.2) is 77.7 Å². The number of nitrogens with one attached hydrogen (secondary N) is 1. The Labute approximate surface area is 248 Å². The predicted octanol–water partition coefficient (Wildman–Crippen LogP) is 4.68. The van der Waals surface area contributed by atoms with E-state index in [1.54, 1.807) is 62.6 Å². The molecule has 4 rings (SSSR count). The van der Waals surface area contributed by atoms with E-state index >= 15 is 0 Å². The topological polar surface area (TPSA) is 105 Å². The minimum atomic E-state index is -4.19. The lowest BCUT2D eigenvalue weighted by molar-refractivity contribution is -0.139. The van der Waals surface area contributed by atoms with Crippen LogP contribution in [0.1, 0.15) is 43.7 Å². The SMILES string of the molecule is COc1cccc(CN(C(=O)CN(c2ccccc2OC)S(=O)(=O)c2ccc(C)cc2)C(C)C(=O)NC2CCCC2)c1. The number of amides is 2. The van der Waals surface area contributed by atoms with Crippen molar-refractivity contribution in [1.29, 1.82) is 0 Å². The average molecular weight is 594 g/mol. The molecule has 224 valence electrons. The Hall–Kier alpha value is -4.05. The molecule has 3 aromatic rings. The fourth-order valence-electron chi connectivity index (χ4n) is 5.13. The van der Waals surface area contributed by atoms with Gasteiger partial charge in [0.15, 0.2) is 0 Å². The predicted molar refractivity (Wildman–Crippen MR) is 162 cm³/mol. The first-order valence-electron chi connectivity index (χ1n) is 14.1. The summed E-state index contributed by atoms with van der Waals surface area (Å²) in [6, 6.07) is 19.6. The van der Waals surface area contributed by atoms with Crippen molar-refractivity contribution < 1.29 is 27.5 Å². The molecule has 10 heteroatoms. The van der Waals surface area contributed by atoms with E-state index in [1.165, 1.54) is 24.1 Å². The van der Waals surface area contributed by atoms with E-state index in [0.29, 0.717) is 11.5 Å². The Kier molecular flexibility index (Phi) is 10.1. The maximum atomic E-state index is 14.2. The maximum Gasteiger partial charge on any atom is 0.264 e. The summed E-state index contributed by atoms with van der Waals surface area (Å²) in [5, 5.41) is 3.08. The summed E-state index contributed by atoms with van der Waals surface area (Å²) in [6.45, 7) is 3.08. The van der Waals surface area contributed by atoms with Gasteiger partial charge in [-0.1, -0.05) is 54.8 Å². The van der Waals surface area contributed by atoms with Gasteiger partial charge >= 0.3 is 0 Å². The van der Waals surface area contributed by atoms with Gasteiger partial charge in [0.1, 0.15) is 24.1 Å². The monoisotopic (exact) mass is 593 g/mol. The number of ether oxygens (including phenoxy) is 2. The summed E-state index contributed by atoms with van der Waals surface area (Å²) in [6.07, 6.45) is 3.91. The van der Waals surface area contributed by atoms with Gasteiger partial charge in [-0.05, 0) is 68.7 Å². The number of para-hydroxylation sites is 2. The van der Waals surface area contributed by atoms with Gasteiger partial charge in [0.2, 0.25) is 11.8 Å². The lowest BCUT2D eigenvalue weighted by Crippen LogP contribution is -2.52. The lowest BCUT2D eigenvalue weighted by atomic mass is 10.1. The Balaban J connectivity index is 1.72. The standard InChI is InChI=1S/C32H39N3O6S/c1-23-16-18-28(19-17-23)42(38,39)35(29-14-7-8-15-30(29)41-4)22-31(36)34(21-25-10-9-13-27(20-25)40-3)24(2)32(37)33-26-11-5-6-12-26/h7-10,13-20,24,26H,5-6,11-12,21-22H2,1-4H3,(H,33,37). The van der Waals surface area contributed by atoms with E-state index in [4.69, 9.17) is 9.47 Å². The zero-order valence-electron chi connectivity index (χ0n) is 24.6. The summed E-state index contributed by atoms with van der Waals surface area (Å²) in [5.74, 6) is 0.102. The van der Waals surface area contributed by atoms with Crippen molar-refractivity contribution in [2.45, 2.75) is 63.1 Å². The first-order valence-corrected chi connectivity index (χ1v) is 15.5. The number of methoxy groups -OCH3 is 2. The molecule has 0 radical (unpaired) electrons. The van der Waals surface area contributed by atoms with E-state index in [9.17, 15) is 18.0 Å². The number of benzene rings is 3. The summed E-state index contributed by atoms with van der Waals surface area (Å²) in [5.41, 5.74) is 1.87. The van der Waals surface area contributed by atoms with Crippen molar-refractivity contribution in [2.75, 3.05) is 25.1 Å². The van der Waals surface area contributed by atoms with Gasteiger partial charge in [-0.15, -0.1) is 0 Å². The molecule has 1 atom stereocenters. The first kappa shape index (κ1) is 30.9. The molecule has 3 aromatic carbocycles. The largest absolute Gasteiger partial charge is 0.497 e. The van der Waals surface area contributed by atoms with E-state index in [1.807, 2.05) is 19.1 Å². The zero-order chi connectivity index (χ0) is 30.3. The highest BCUT2D eigenvalue weighted by Gasteiger charge is 2.34. The number of sulfonamides is 1. The number of carbonyl (C=O) groups excluding carboxylic acids is 2. The molecule has 1 unspecified atom stereocenters. The quantitative estimate of drug-likeness (QED) is 0.327. The third-order valence-corrected chi connectivity index (χ3v) is 9.37. The van der Waals surface area contributed by atoms with Crippen molar-refractivity contribution in [1.82, 2.24) is 10.2 Å². The first-order chi connectivity index (χ1) is 20.1. The van der Waals surface area contributed by atoms with Crippen LogP contribution in [0.2, 0.25) is 0 Å². The highest BCUT2D eigenvalue weighted by Crippen LogP contribution is 2.32. The molecule has 0 heterocycles. The molecule has 1 aliphatic rings. The van der Waals surface area contributed by atoms with Gasteiger partial charge in [0, 0.05) is 12.6 Å². The van der Waals surface area contributed by atoms with Crippen LogP contribution in [-0.4, -0.2) is 58.0 Å². The van der Waals surface area contributed by atoms with Crippen LogP contribution >= 0.6 is 0 Å². The number of anilines is 1. The minimum Gasteiger partial charge on any atom is -0.497 e. The molecule has 1 N–H and O–H groups in total. The van der Waals surface area contributed by atoms with E-state index in [-0.39, 0.29) is 29.1 Å². The van der Waals surface area contributed by atoms with Gasteiger partial charge in [0.25, 0.3) is 10.0 Å². The second-order valence-corrected chi connectivity index (χ2v) is 12.4. The van der Waals surface area contributed by atoms with Crippen LogP contribution in [0.4, 0.5) is 5.69 Å². The second kappa shape index (κ2) is 13.7. The van der Waals surface area contributed by atoms with Gasteiger partial charge < -0.3 is 19.7 Å². The van der Waals surface area contributed by atoms with Crippen molar-refractivity contribution in [3.63, 3.8) is 0 Å². The number of hydrogen-bond acceptors (Lipinski definition) is 6. The van der Waals surface area contributed by atoms with Gasteiger partial charge in [-0.25, -0.2) is 8.42 Å². The number of hydrogen-bond donors (Lipinski definition) is 1. The Morgan fingerprint density at radius 3 is 2.31 bits per heavy atom. The average Bonchev–Trinajstić information content (AvgIpc) is 3.51. The Bertz CT molecular complexity index is 1490. The van der Waals surface area contributed by atoms with E-state index in [0.717, 1.165) is 41.1 Å². The number of carbonyl (C=O) groups is 2. The molecule has 2 amide bonds. The molecule has 1 saturated carbocycles. The Morgan fingerprint density at radius 1 is 0.952 bits per heavy atom. The summed E-state index contributed by atoms with van der Waals surface area (Å²) in [4.78, 5) is 29.0. The van der Waals surface area contributed by atoms with Crippen LogP contribution in [0, 0.1) is 6.92 Å². The minimum absolute atomic E-state index is 0.0400. The van der Waals surface area contributed by atoms with Crippen molar-refractivity contribution in [2.24, 2.45) is 0 Å². The molecule has 0 aliphatic heterocycles. The third kappa shape index (κ3) is 7.23. The molecule has 42 heavy (non-hydrogen) atoms. The summed E-state index contributed by atoms with van der Waals surface area (Å²) >= 11 is 0. The Morgan fingerprint density at radius 2 is 1.64 bits per heavy atom. The second-order valence-electron chi connectivity index (χ2n) is 10.5. The van der Waals surface area contributed by atoms with Crippen LogP contribution in [0.3, 0.4) is 0 Å². The summed E-state index contributed by atoms with van der Waals surface area (Å²) in [7, 11) is -1.19. The lowest BCUT2D eigenvalue weighted by Gasteiger charge is -2.33. The van der Waals surface area contributed by atoms with Crippen molar-refractivity contribution in [3.05, 3.63) is 83.9 Å². The molecule has 0 bridgehead atoms. The molecule has 9 nitrogen and oxygen atoms in total. The van der Waals surface area contributed by atoms with Crippen molar-refractivity contribution >= 4 is 27.5 Å². The number of nitrogens with zero attached hydrogens (tertiary/aromatic N) is 2. The number of aryl methyl sites for hydroxylation is 1. The van der Waals surface area contributed by atoms with Crippen LogP contribution in [0.5, 0.6) is 11.5 Å². The van der Waals surface area contributed by atoms with Crippen LogP contribution < -0.4 is 19.1 Å². The fourth-order valence-corrected chi connectivity index (χ4v) is 6.55. The van der Waals surface area contributed by atoms with Crippen molar-refractivity contribution in [3.8, 4) is 11.5 Å². The van der Waals surface area contributed by atoms with Gasteiger partial charge in [0.05, 0.1) is 24.8 Å². The molecule has 0 spiro atoms. The highest BCUT2D eigenvalue weighted by atomic mass is 32.2. The zero-order valence-corrected chi connectivity index (χ0v) is 25.4. The van der Waals surface area contributed by atoms with Crippen LogP contribution in [-0.2, 0) is 26.2 Å².